The number of rotatable bonds is 2. The van der Waals surface area contributed by atoms with Crippen molar-refractivity contribution in [3.05, 3.63) is 65.0 Å². The summed E-state index contributed by atoms with van der Waals surface area (Å²) in [5.74, 6) is 0.395. The van der Waals surface area contributed by atoms with Crippen LogP contribution in [0.3, 0.4) is 0 Å². The Morgan fingerprint density at radius 3 is 2.76 bits per heavy atom. The summed E-state index contributed by atoms with van der Waals surface area (Å²) in [6.45, 7) is 0. The monoisotopic (exact) mass is 223 g/mol. The number of carbonyl (C=O) groups excluding carboxylic acids is 1. The van der Waals surface area contributed by atoms with Gasteiger partial charge in [0.2, 0.25) is 0 Å². The number of aromatic nitrogens is 1. The molecule has 84 valence electrons. The van der Waals surface area contributed by atoms with Crippen LogP contribution in [0.5, 0.6) is 0 Å². The third-order valence-corrected chi connectivity index (χ3v) is 3.43. The lowest BCUT2D eigenvalue weighted by Crippen LogP contribution is -1.98. The van der Waals surface area contributed by atoms with Gasteiger partial charge in [-0.05, 0) is 30.0 Å². The molecule has 0 saturated heterocycles. The van der Waals surface area contributed by atoms with Gasteiger partial charge >= 0.3 is 0 Å². The minimum atomic E-state index is 0.395. The van der Waals surface area contributed by atoms with E-state index in [1.54, 1.807) is 0 Å². The molecule has 0 amide bonds. The molecule has 0 saturated carbocycles. The van der Waals surface area contributed by atoms with E-state index in [9.17, 15) is 4.79 Å². The number of pyridine rings is 1. The van der Waals surface area contributed by atoms with Gasteiger partial charge in [0.1, 0.15) is 6.29 Å². The largest absolute Gasteiger partial charge is 0.298 e. The Kier molecular flexibility index (Phi) is 2.48. The molecule has 1 aliphatic carbocycles. The third kappa shape index (κ3) is 1.76. The number of hydrogen-bond donors (Lipinski definition) is 0. The number of aldehydes is 1. The van der Waals surface area contributed by atoms with E-state index in [0.29, 0.717) is 5.92 Å². The Morgan fingerprint density at radius 1 is 1.18 bits per heavy atom. The number of nitrogens with zero attached hydrogens (tertiary/aromatic N) is 1. The van der Waals surface area contributed by atoms with E-state index in [-0.39, 0.29) is 0 Å². The fourth-order valence-corrected chi connectivity index (χ4v) is 2.54. The van der Waals surface area contributed by atoms with Crippen LogP contribution in [0.2, 0.25) is 0 Å². The van der Waals surface area contributed by atoms with Crippen molar-refractivity contribution in [3.8, 4) is 0 Å². The summed E-state index contributed by atoms with van der Waals surface area (Å²) >= 11 is 0. The van der Waals surface area contributed by atoms with Crippen molar-refractivity contribution in [1.29, 1.82) is 0 Å². The SMILES string of the molecule is O=Cc1ccc(C2CCc3cccnc32)cc1. The molecule has 0 N–H and O–H groups in total. The second-order valence-corrected chi connectivity index (χ2v) is 4.42. The minimum absolute atomic E-state index is 0.395. The Hall–Kier alpha value is -1.96. The average molecular weight is 223 g/mol. The van der Waals surface area contributed by atoms with E-state index in [4.69, 9.17) is 0 Å². The highest BCUT2D eigenvalue weighted by Gasteiger charge is 2.24. The molecule has 0 bridgehead atoms. The lowest BCUT2D eigenvalue weighted by molar-refractivity contribution is 0.112. The Labute approximate surface area is 100 Å². The molecule has 1 atom stereocenters. The molecule has 3 rings (SSSR count). The molecule has 1 aromatic heterocycles. The Bertz CT molecular complexity index is 545. The van der Waals surface area contributed by atoms with Gasteiger partial charge in [-0.15, -0.1) is 0 Å². The topological polar surface area (TPSA) is 30.0 Å². The van der Waals surface area contributed by atoms with Gasteiger partial charge in [-0.25, -0.2) is 0 Å². The van der Waals surface area contributed by atoms with Crippen LogP contribution in [0.1, 0.15) is 39.5 Å². The molecule has 1 heterocycles. The molecule has 0 radical (unpaired) electrons. The smallest absolute Gasteiger partial charge is 0.150 e. The van der Waals surface area contributed by atoms with Crippen LogP contribution in [-0.4, -0.2) is 11.3 Å². The predicted molar refractivity (Wildman–Crippen MR) is 66.2 cm³/mol. The zero-order chi connectivity index (χ0) is 11.7. The highest BCUT2D eigenvalue weighted by Crippen LogP contribution is 2.36. The van der Waals surface area contributed by atoms with Crippen molar-refractivity contribution in [2.45, 2.75) is 18.8 Å². The van der Waals surface area contributed by atoms with Gasteiger partial charge in [-0.1, -0.05) is 30.3 Å². The van der Waals surface area contributed by atoms with Gasteiger partial charge in [-0.3, -0.25) is 9.78 Å². The van der Waals surface area contributed by atoms with Crippen LogP contribution in [0.4, 0.5) is 0 Å². The Morgan fingerprint density at radius 2 is 2.00 bits per heavy atom. The van der Waals surface area contributed by atoms with Crippen LogP contribution in [0.25, 0.3) is 0 Å². The van der Waals surface area contributed by atoms with Gasteiger partial charge in [-0.2, -0.15) is 0 Å². The van der Waals surface area contributed by atoms with Gasteiger partial charge in [0.25, 0.3) is 0 Å². The predicted octanol–water partition coefficient (Wildman–Crippen LogP) is 2.97. The van der Waals surface area contributed by atoms with E-state index in [1.165, 1.54) is 16.8 Å². The summed E-state index contributed by atoms with van der Waals surface area (Å²) in [4.78, 5) is 15.1. The maximum Gasteiger partial charge on any atom is 0.150 e. The number of hydrogen-bond acceptors (Lipinski definition) is 2. The van der Waals surface area contributed by atoms with Crippen LogP contribution in [0.15, 0.2) is 42.6 Å². The quantitative estimate of drug-likeness (QED) is 0.733. The first-order valence-electron chi connectivity index (χ1n) is 5.87. The first kappa shape index (κ1) is 10.2. The molecule has 0 fully saturated rings. The minimum Gasteiger partial charge on any atom is -0.298 e. The van der Waals surface area contributed by atoms with Crippen LogP contribution in [-0.2, 0) is 6.42 Å². The second kappa shape index (κ2) is 4.13. The summed E-state index contributed by atoms with van der Waals surface area (Å²) in [6.07, 6.45) is 4.96. The molecule has 2 aromatic rings. The first-order valence-corrected chi connectivity index (χ1v) is 5.87. The summed E-state index contributed by atoms with van der Waals surface area (Å²) in [5, 5.41) is 0. The van der Waals surface area contributed by atoms with E-state index in [0.717, 1.165) is 24.7 Å². The fourth-order valence-electron chi connectivity index (χ4n) is 2.54. The van der Waals surface area contributed by atoms with E-state index in [2.05, 4.69) is 11.1 Å². The maximum atomic E-state index is 10.6. The fraction of sp³-hybridized carbons (Fsp3) is 0.200. The molecule has 2 heteroatoms. The van der Waals surface area contributed by atoms with Crippen molar-refractivity contribution in [2.75, 3.05) is 0 Å². The highest BCUT2D eigenvalue weighted by molar-refractivity contribution is 5.74. The van der Waals surface area contributed by atoms with Gasteiger partial charge < -0.3 is 0 Å². The molecule has 0 aliphatic heterocycles. The molecular weight excluding hydrogens is 210 g/mol. The van der Waals surface area contributed by atoms with E-state index >= 15 is 0 Å². The first-order chi connectivity index (χ1) is 8.38. The van der Waals surface area contributed by atoms with Crippen molar-refractivity contribution in [1.82, 2.24) is 4.98 Å². The number of carbonyl (C=O) groups is 1. The molecule has 1 unspecified atom stereocenters. The molecule has 2 nitrogen and oxygen atoms in total. The van der Waals surface area contributed by atoms with Gasteiger partial charge in [0.05, 0.1) is 5.69 Å². The average Bonchev–Trinajstić information content (AvgIpc) is 2.83. The summed E-state index contributed by atoms with van der Waals surface area (Å²) < 4.78 is 0. The molecule has 1 aromatic carbocycles. The van der Waals surface area contributed by atoms with Crippen LogP contribution >= 0.6 is 0 Å². The summed E-state index contributed by atoms with van der Waals surface area (Å²) in [5.41, 5.74) is 4.55. The van der Waals surface area contributed by atoms with Crippen LogP contribution < -0.4 is 0 Å². The lowest BCUT2D eigenvalue weighted by Gasteiger charge is -2.10. The third-order valence-electron chi connectivity index (χ3n) is 3.43. The summed E-state index contributed by atoms with van der Waals surface area (Å²) in [6, 6.07) is 12.0. The Balaban J connectivity index is 1.98. The van der Waals surface area contributed by atoms with Crippen LogP contribution in [0, 0.1) is 0 Å². The lowest BCUT2D eigenvalue weighted by atomic mass is 9.96. The zero-order valence-electron chi connectivity index (χ0n) is 9.47. The maximum absolute atomic E-state index is 10.6. The van der Waals surface area contributed by atoms with Crippen molar-refractivity contribution in [2.24, 2.45) is 0 Å². The van der Waals surface area contributed by atoms with Gasteiger partial charge in [0.15, 0.2) is 0 Å². The number of benzene rings is 1. The van der Waals surface area contributed by atoms with E-state index in [1.807, 2.05) is 36.5 Å². The molecule has 0 spiro atoms. The van der Waals surface area contributed by atoms with Gasteiger partial charge in [0, 0.05) is 17.7 Å². The summed E-state index contributed by atoms with van der Waals surface area (Å²) in [7, 11) is 0. The normalized spacial score (nSPS) is 17.8. The van der Waals surface area contributed by atoms with Crippen molar-refractivity contribution < 1.29 is 4.79 Å². The van der Waals surface area contributed by atoms with Crippen molar-refractivity contribution in [3.63, 3.8) is 0 Å². The number of aryl methyl sites for hydroxylation is 1. The molecule has 1 aliphatic rings. The number of fused-ring (bicyclic) bond motifs is 1. The van der Waals surface area contributed by atoms with Crippen molar-refractivity contribution >= 4 is 6.29 Å². The zero-order valence-corrected chi connectivity index (χ0v) is 9.47. The highest BCUT2D eigenvalue weighted by atomic mass is 16.1. The second-order valence-electron chi connectivity index (χ2n) is 4.42. The standard InChI is InChI=1S/C15H13NO/c17-10-11-3-5-12(6-4-11)14-8-7-13-2-1-9-16-15(13)14/h1-6,9-10,14H,7-8H2. The molecule has 17 heavy (non-hydrogen) atoms. The van der Waals surface area contributed by atoms with E-state index < -0.39 is 0 Å². The molecular formula is C15H13NO.